The van der Waals surface area contributed by atoms with Crippen molar-refractivity contribution < 1.29 is 9.47 Å². The Bertz CT molecular complexity index is 986. The molecule has 6 nitrogen and oxygen atoms in total. The summed E-state index contributed by atoms with van der Waals surface area (Å²) in [6, 6.07) is 14.4. The highest BCUT2D eigenvalue weighted by atomic mass is 35.5. The molecule has 1 N–H and O–H groups in total. The largest absolute Gasteiger partial charge is 0.493 e. The third kappa shape index (κ3) is 3.85. The Morgan fingerprint density at radius 3 is 2.58 bits per heavy atom. The van der Waals surface area contributed by atoms with Crippen molar-refractivity contribution in [3.05, 3.63) is 59.2 Å². The van der Waals surface area contributed by atoms with Crippen LogP contribution in [-0.4, -0.2) is 24.2 Å². The molecule has 0 radical (unpaired) electrons. The molecule has 1 heterocycles. The first-order valence-electron chi connectivity index (χ1n) is 7.66. The van der Waals surface area contributed by atoms with Gasteiger partial charge >= 0.3 is 0 Å². The second-order valence-corrected chi connectivity index (χ2v) is 5.74. The van der Waals surface area contributed by atoms with Crippen LogP contribution >= 0.6 is 11.6 Å². The van der Waals surface area contributed by atoms with Gasteiger partial charge < -0.3 is 14.8 Å². The summed E-state index contributed by atoms with van der Waals surface area (Å²) in [6.07, 6.45) is 1.64. The van der Waals surface area contributed by atoms with Gasteiger partial charge in [0, 0.05) is 28.5 Å². The van der Waals surface area contributed by atoms with Crippen LogP contribution in [0.4, 0.5) is 11.6 Å². The third-order valence-corrected chi connectivity index (χ3v) is 3.84. The number of hydrogen-bond acceptors (Lipinski definition) is 6. The van der Waals surface area contributed by atoms with Gasteiger partial charge in [0.2, 0.25) is 5.95 Å². The van der Waals surface area contributed by atoms with Crippen LogP contribution in [0.1, 0.15) is 5.56 Å². The highest BCUT2D eigenvalue weighted by Gasteiger charge is 2.08. The minimum Gasteiger partial charge on any atom is -0.493 e. The predicted molar refractivity (Wildman–Crippen MR) is 100 cm³/mol. The van der Waals surface area contributed by atoms with Crippen LogP contribution in [0.3, 0.4) is 0 Å². The molecule has 0 spiro atoms. The first kappa shape index (κ1) is 17.5. The first-order chi connectivity index (χ1) is 12.6. The summed E-state index contributed by atoms with van der Waals surface area (Å²) in [5, 5.41) is 12.7. The van der Waals surface area contributed by atoms with E-state index in [2.05, 4.69) is 21.4 Å². The number of anilines is 2. The maximum Gasteiger partial charge on any atom is 0.227 e. The highest BCUT2D eigenvalue weighted by Crippen LogP contribution is 2.31. The summed E-state index contributed by atoms with van der Waals surface area (Å²) in [5.74, 6) is 1.64. The molecule has 0 amide bonds. The minimum atomic E-state index is 0.410. The van der Waals surface area contributed by atoms with Gasteiger partial charge in [0.15, 0.2) is 11.5 Å². The quantitative estimate of drug-likeness (QED) is 0.719. The first-order valence-corrected chi connectivity index (χ1v) is 8.04. The van der Waals surface area contributed by atoms with Gasteiger partial charge in [-0.2, -0.15) is 5.26 Å². The van der Waals surface area contributed by atoms with Gasteiger partial charge in [-0.3, -0.25) is 0 Å². The van der Waals surface area contributed by atoms with Crippen molar-refractivity contribution in [1.82, 2.24) is 9.97 Å². The van der Waals surface area contributed by atoms with Crippen LogP contribution in [0.5, 0.6) is 11.5 Å². The Hall–Kier alpha value is -3.30. The average Bonchev–Trinajstić information content (AvgIpc) is 2.67. The number of hydrogen-bond donors (Lipinski definition) is 1. The van der Waals surface area contributed by atoms with Gasteiger partial charge in [-0.05, 0) is 36.4 Å². The summed E-state index contributed by atoms with van der Waals surface area (Å²) in [4.78, 5) is 8.72. The van der Waals surface area contributed by atoms with E-state index in [1.807, 2.05) is 6.07 Å². The monoisotopic (exact) mass is 366 g/mol. The van der Waals surface area contributed by atoms with E-state index >= 15 is 0 Å². The number of methoxy groups -OCH3 is 2. The molecule has 0 atom stereocenters. The lowest BCUT2D eigenvalue weighted by atomic mass is 10.1. The number of benzene rings is 2. The normalized spacial score (nSPS) is 10.1. The molecule has 0 fully saturated rings. The molecule has 7 heteroatoms. The van der Waals surface area contributed by atoms with E-state index in [-0.39, 0.29) is 0 Å². The van der Waals surface area contributed by atoms with Gasteiger partial charge in [0.05, 0.1) is 31.5 Å². The van der Waals surface area contributed by atoms with Crippen molar-refractivity contribution in [2.45, 2.75) is 0 Å². The molecular formula is C19H15ClN4O2. The number of halogens is 1. The van der Waals surface area contributed by atoms with Crippen molar-refractivity contribution in [1.29, 1.82) is 5.26 Å². The molecule has 0 unspecified atom stereocenters. The van der Waals surface area contributed by atoms with E-state index in [1.165, 1.54) is 0 Å². The number of rotatable bonds is 5. The topological polar surface area (TPSA) is 80.1 Å². The maximum absolute atomic E-state index is 9.10. The second kappa shape index (κ2) is 7.72. The molecule has 0 aliphatic heterocycles. The minimum absolute atomic E-state index is 0.410. The fraction of sp³-hybridized carbons (Fsp3) is 0.105. The van der Waals surface area contributed by atoms with Crippen LogP contribution < -0.4 is 14.8 Å². The Morgan fingerprint density at radius 1 is 1.04 bits per heavy atom. The molecule has 0 saturated heterocycles. The summed E-state index contributed by atoms with van der Waals surface area (Å²) in [7, 11) is 3.16. The number of nitrogens with one attached hydrogen (secondary N) is 1. The van der Waals surface area contributed by atoms with Gasteiger partial charge in [-0.25, -0.2) is 9.97 Å². The lowest BCUT2D eigenvalue weighted by molar-refractivity contribution is 0.355. The van der Waals surface area contributed by atoms with Crippen molar-refractivity contribution in [3.63, 3.8) is 0 Å². The van der Waals surface area contributed by atoms with Crippen molar-refractivity contribution >= 4 is 23.2 Å². The number of nitriles is 1. The van der Waals surface area contributed by atoms with E-state index in [9.17, 15) is 0 Å². The molecule has 26 heavy (non-hydrogen) atoms. The van der Waals surface area contributed by atoms with Gasteiger partial charge in [0.1, 0.15) is 0 Å². The zero-order valence-electron chi connectivity index (χ0n) is 14.2. The Balaban J connectivity index is 1.91. The Kier molecular flexibility index (Phi) is 5.20. The molecule has 0 bridgehead atoms. The van der Waals surface area contributed by atoms with Crippen molar-refractivity contribution in [2.24, 2.45) is 0 Å². The van der Waals surface area contributed by atoms with Crippen LogP contribution in [-0.2, 0) is 0 Å². The van der Waals surface area contributed by atoms with Crippen molar-refractivity contribution in [2.75, 3.05) is 19.5 Å². The van der Waals surface area contributed by atoms with Crippen LogP contribution in [0, 0.1) is 11.3 Å². The summed E-state index contributed by atoms with van der Waals surface area (Å²) < 4.78 is 10.5. The fourth-order valence-corrected chi connectivity index (χ4v) is 2.66. The summed E-state index contributed by atoms with van der Waals surface area (Å²) in [6.45, 7) is 0. The van der Waals surface area contributed by atoms with Gasteiger partial charge in [-0.1, -0.05) is 11.6 Å². The molecule has 1 aromatic heterocycles. The molecule has 0 aliphatic rings. The second-order valence-electron chi connectivity index (χ2n) is 5.30. The molecule has 0 aliphatic carbocycles. The predicted octanol–water partition coefficient (Wildman–Crippen LogP) is 4.43. The Morgan fingerprint density at radius 2 is 1.85 bits per heavy atom. The van der Waals surface area contributed by atoms with Crippen LogP contribution in [0.2, 0.25) is 5.02 Å². The summed E-state index contributed by atoms with van der Waals surface area (Å²) in [5.41, 5.74) is 2.62. The van der Waals surface area contributed by atoms with E-state index in [1.54, 1.807) is 56.8 Å². The van der Waals surface area contributed by atoms with Crippen LogP contribution in [0.15, 0.2) is 48.7 Å². The average molecular weight is 367 g/mol. The zero-order valence-corrected chi connectivity index (χ0v) is 14.9. The lowest BCUT2D eigenvalue weighted by Crippen LogP contribution is -1.99. The third-order valence-electron chi connectivity index (χ3n) is 3.62. The van der Waals surface area contributed by atoms with E-state index in [0.29, 0.717) is 33.7 Å². The van der Waals surface area contributed by atoms with E-state index < -0.39 is 0 Å². The van der Waals surface area contributed by atoms with Crippen LogP contribution in [0.25, 0.3) is 11.3 Å². The zero-order chi connectivity index (χ0) is 18.5. The molecule has 0 saturated carbocycles. The molecule has 2 aromatic carbocycles. The molecule has 3 rings (SSSR count). The molecular weight excluding hydrogens is 352 g/mol. The number of ether oxygens (including phenoxy) is 2. The standard InChI is InChI=1S/C19H15ClN4O2/c1-25-17-4-3-15(10-18(17)26-2)23-19-22-6-5-16(24-19)13-7-12(11-21)8-14(20)9-13/h3-10H,1-2H3,(H,22,23,24). The van der Waals surface area contributed by atoms with Gasteiger partial charge in [-0.15, -0.1) is 0 Å². The maximum atomic E-state index is 9.10. The highest BCUT2D eigenvalue weighted by molar-refractivity contribution is 6.31. The van der Waals surface area contributed by atoms with E-state index in [4.69, 9.17) is 26.3 Å². The molecule has 130 valence electrons. The van der Waals surface area contributed by atoms with Crippen molar-refractivity contribution in [3.8, 4) is 28.8 Å². The Labute approximate surface area is 156 Å². The number of nitrogens with zero attached hydrogens (tertiary/aromatic N) is 3. The summed E-state index contributed by atoms with van der Waals surface area (Å²) >= 11 is 6.07. The fourth-order valence-electron chi connectivity index (χ4n) is 2.42. The van der Waals surface area contributed by atoms with E-state index in [0.717, 1.165) is 11.3 Å². The van der Waals surface area contributed by atoms with Gasteiger partial charge in [0.25, 0.3) is 0 Å². The smallest absolute Gasteiger partial charge is 0.227 e. The SMILES string of the molecule is COc1ccc(Nc2nccc(-c3cc(Cl)cc(C#N)c3)n2)cc1OC. The lowest BCUT2D eigenvalue weighted by Gasteiger charge is -2.11. The molecule has 3 aromatic rings. The number of aromatic nitrogens is 2.